The van der Waals surface area contributed by atoms with Crippen molar-refractivity contribution in [1.82, 2.24) is 9.80 Å². The molecule has 23 heavy (non-hydrogen) atoms. The van der Waals surface area contributed by atoms with Crippen LogP contribution in [0.2, 0.25) is 0 Å². The minimum atomic E-state index is -0.734. The number of fused-ring (bicyclic) bond motifs is 3. The first-order valence-electron chi connectivity index (χ1n) is 8.51. The van der Waals surface area contributed by atoms with Crippen molar-refractivity contribution in [3.63, 3.8) is 0 Å². The Morgan fingerprint density at radius 2 is 1.83 bits per heavy atom. The first-order valence-corrected chi connectivity index (χ1v) is 8.51. The van der Waals surface area contributed by atoms with Crippen LogP contribution < -0.4 is 0 Å². The summed E-state index contributed by atoms with van der Waals surface area (Å²) in [7, 11) is 0. The number of hydrogen-bond acceptors (Lipinski definition) is 2. The second-order valence-electron chi connectivity index (χ2n) is 7.11. The first-order chi connectivity index (χ1) is 10.7. The van der Waals surface area contributed by atoms with Crippen molar-refractivity contribution in [2.24, 2.45) is 5.92 Å². The second-order valence-corrected chi connectivity index (χ2v) is 7.11. The number of halogens is 1. The zero-order valence-electron chi connectivity index (χ0n) is 13.4. The molecule has 126 valence electrons. The third-order valence-electron chi connectivity index (χ3n) is 6.11. The van der Waals surface area contributed by atoms with Crippen molar-refractivity contribution in [2.75, 3.05) is 19.6 Å². The van der Waals surface area contributed by atoms with E-state index in [-0.39, 0.29) is 24.0 Å². The van der Waals surface area contributed by atoms with Gasteiger partial charge in [-0.15, -0.1) is 12.4 Å². The molecule has 1 unspecified atom stereocenters. The van der Waals surface area contributed by atoms with Gasteiger partial charge in [-0.25, -0.2) is 4.79 Å². The predicted molar refractivity (Wildman–Crippen MR) is 92.0 cm³/mol. The van der Waals surface area contributed by atoms with Crippen LogP contribution in [0.5, 0.6) is 0 Å². The van der Waals surface area contributed by atoms with Crippen LogP contribution in [-0.2, 0) is 5.54 Å². The normalized spacial score (nSPS) is 30.9. The number of amides is 1. The van der Waals surface area contributed by atoms with Crippen molar-refractivity contribution in [3.05, 3.63) is 35.9 Å². The standard InChI is InChI=1S/C18H24N2O2.ClH/c21-17(22)20(16-13-19-11-7-14(16)8-12-19)18(9-4-10-18)15-5-2-1-3-6-15;/h1-3,5-6,14,16H,4,7-13H2,(H,21,22);1H. The lowest BCUT2D eigenvalue weighted by Crippen LogP contribution is -2.65. The van der Waals surface area contributed by atoms with Crippen molar-refractivity contribution in [1.29, 1.82) is 0 Å². The van der Waals surface area contributed by atoms with Gasteiger partial charge in [0.25, 0.3) is 0 Å². The SMILES string of the molecule is Cl.O=C(O)N(C1CN2CCC1CC2)C1(c2ccccc2)CCC1. The van der Waals surface area contributed by atoms with Crippen LogP contribution in [0.3, 0.4) is 0 Å². The Morgan fingerprint density at radius 1 is 1.17 bits per heavy atom. The van der Waals surface area contributed by atoms with Crippen LogP contribution in [-0.4, -0.2) is 46.7 Å². The molecule has 3 saturated heterocycles. The molecule has 0 radical (unpaired) electrons. The molecule has 5 rings (SSSR count). The van der Waals surface area contributed by atoms with Gasteiger partial charge in [-0.05, 0) is 56.7 Å². The molecule has 1 N–H and O–H groups in total. The van der Waals surface area contributed by atoms with Crippen LogP contribution in [0, 0.1) is 5.92 Å². The maximum Gasteiger partial charge on any atom is 0.408 e. The Labute approximate surface area is 143 Å². The van der Waals surface area contributed by atoms with Gasteiger partial charge in [0, 0.05) is 6.54 Å². The number of hydrogen-bond donors (Lipinski definition) is 1. The quantitative estimate of drug-likeness (QED) is 0.917. The summed E-state index contributed by atoms with van der Waals surface area (Å²) >= 11 is 0. The van der Waals surface area contributed by atoms with E-state index in [9.17, 15) is 9.90 Å². The van der Waals surface area contributed by atoms with Gasteiger partial charge in [-0.2, -0.15) is 0 Å². The summed E-state index contributed by atoms with van der Waals surface area (Å²) in [4.78, 5) is 16.5. The molecule has 1 aliphatic carbocycles. The number of benzene rings is 1. The maximum absolute atomic E-state index is 12.2. The molecule has 2 bridgehead atoms. The number of nitrogens with zero attached hydrogens (tertiary/aromatic N) is 2. The van der Waals surface area contributed by atoms with Gasteiger partial charge in [0.1, 0.15) is 0 Å². The molecule has 1 aromatic carbocycles. The Balaban J connectivity index is 0.00000156. The van der Waals surface area contributed by atoms with E-state index in [2.05, 4.69) is 17.0 Å². The van der Waals surface area contributed by atoms with Gasteiger partial charge < -0.3 is 10.0 Å². The van der Waals surface area contributed by atoms with Gasteiger partial charge in [0.15, 0.2) is 0 Å². The highest BCUT2D eigenvalue weighted by Gasteiger charge is 2.52. The monoisotopic (exact) mass is 336 g/mol. The van der Waals surface area contributed by atoms with E-state index in [4.69, 9.17) is 0 Å². The topological polar surface area (TPSA) is 43.8 Å². The maximum atomic E-state index is 12.2. The molecular weight excluding hydrogens is 312 g/mol. The van der Waals surface area contributed by atoms with Gasteiger partial charge in [-0.3, -0.25) is 4.90 Å². The molecule has 0 aromatic heterocycles. The Kier molecular flexibility index (Phi) is 4.56. The van der Waals surface area contributed by atoms with Crippen LogP contribution >= 0.6 is 12.4 Å². The molecule has 1 aromatic rings. The minimum absolute atomic E-state index is 0. The molecule has 4 fully saturated rings. The van der Waals surface area contributed by atoms with E-state index < -0.39 is 6.09 Å². The van der Waals surface area contributed by atoms with Gasteiger partial charge in [0.05, 0.1) is 11.6 Å². The zero-order valence-corrected chi connectivity index (χ0v) is 14.2. The van der Waals surface area contributed by atoms with E-state index in [1.54, 1.807) is 0 Å². The summed E-state index contributed by atoms with van der Waals surface area (Å²) in [5.74, 6) is 0.544. The van der Waals surface area contributed by atoms with E-state index >= 15 is 0 Å². The summed E-state index contributed by atoms with van der Waals surface area (Å²) in [6, 6.07) is 10.5. The number of carboxylic acid groups (broad SMARTS) is 1. The predicted octanol–water partition coefficient (Wildman–Crippen LogP) is 3.56. The van der Waals surface area contributed by atoms with Gasteiger partial charge in [-0.1, -0.05) is 30.3 Å². The second kappa shape index (κ2) is 6.33. The molecule has 5 heteroatoms. The van der Waals surface area contributed by atoms with Crippen LogP contribution in [0.4, 0.5) is 4.79 Å². The molecule has 0 spiro atoms. The molecule has 3 heterocycles. The fourth-order valence-electron chi connectivity index (χ4n) is 4.80. The van der Waals surface area contributed by atoms with Gasteiger partial charge in [0.2, 0.25) is 0 Å². The number of carbonyl (C=O) groups is 1. The largest absolute Gasteiger partial charge is 0.465 e. The Bertz CT molecular complexity index is 553. The van der Waals surface area contributed by atoms with E-state index in [1.807, 2.05) is 23.1 Å². The van der Waals surface area contributed by atoms with Crippen LogP contribution in [0.1, 0.15) is 37.7 Å². The summed E-state index contributed by atoms with van der Waals surface area (Å²) < 4.78 is 0. The Hall–Kier alpha value is -1.26. The average Bonchev–Trinajstić information content (AvgIpc) is 2.52. The van der Waals surface area contributed by atoms with Crippen LogP contribution in [0.15, 0.2) is 30.3 Å². The fraction of sp³-hybridized carbons (Fsp3) is 0.611. The highest BCUT2D eigenvalue weighted by atomic mass is 35.5. The van der Waals surface area contributed by atoms with E-state index in [0.29, 0.717) is 5.92 Å². The van der Waals surface area contributed by atoms with Crippen molar-refractivity contribution in [2.45, 2.75) is 43.7 Å². The highest BCUT2D eigenvalue weighted by Crippen LogP contribution is 2.49. The fourth-order valence-corrected chi connectivity index (χ4v) is 4.80. The summed E-state index contributed by atoms with van der Waals surface area (Å²) in [6.45, 7) is 3.21. The third kappa shape index (κ3) is 2.62. The lowest BCUT2D eigenvalue weighted by Gasteiger charge is -2.57. The molecular formula is C18H25ClN2O2. The highest BCUT2D eigenvalue weighted by molar-refractivity contribution is 5.85. The van der Waals surface area contributed by atoms with E-state index in [0.717, 1.165) is 51.7 Å². The van der Waals surface area contributed by atoms with Crippen LogP contribution in [0.25, 0.3) is 0 Å². The van der Waals surface area contributed by atoms with Crippen molar-refractivity contribution < 1.29 is 9.90 Å². The molecule has 1 saturated carbocycles. The number of rotatable bonds is 3. The molecule has 4 aliphatic rings. The summed E-state index contributed by atoms with van der Waals surface area (Å²) in [6.07, 6.45) is 4.62. The molecule has 3 aliphatic heterocycles. The molecule has 4 nitrogen and oxygen atoms in total. The van der Waals surface area contributed by atoms with Crippen molar-refractivity contribution >= 4 is 18.5 Å². The Morgan fingerprint density at radius 3 is 2.26 bits per heavy atom. The first kappa shape index (κ1) is 16.6. The molecule has 1 amide bonds. The zero-order chi connectivity index (χ0) is 15.2. The smallest absolute Gasteiger partial charge is 0.408 e. The summed E-state index contributed by atoms with van der Waals surface area (Å²) in [5, 5.41) is 10.0. The lowest BCUT2D eigenvalue weighted by atomic mass is 9.68. The third-order valence-corrected chi connectivity index (χ3v) is 6.11. The number of piperidine rings is 3. The van der Waals surface area contributed by atoms with Gasteiger partial charge >= 0.3 is 6.09 Å². The lowest BCUT2D eigenvalue weighted by molar-refractivity contribution is -0.0673. The minimum Gasteiger partial charge on any atom is -0.465 e. The average molecular weight is 337 g/mol. The summed E-state index contributed by atoms with van der Waals surface area (Å²) in [5.41, 5.74) is 0.899. The van der Waals surface area contributed by atoms with Crippen molar-refractivity contribution in [3.8, 4) is 0 Å². The van der Waals surface area contributed by atoms with E-state index in [1.165, 1.54) is 5.56 Å². The molecule has 1 atom stereocenters.